The van der Waals surface area contributed by atoms with Crippen molar-refractivity contribution in [1.82, 2.24) is 19.8 Å². The number of fused-ring (bicyclic) bond motifs is 2. The van der Waals surface area contributed by atoms with Gasteiger partial charge in [-0.05, 0) is 44.4 Å². The number of nitrogens with zero attached hydrogens (tertiary/aromatic N) is 5. The highest BCUT2D eigenvalue weighted by atomic mass is 16.5. The van der Waals surface area contributed by atoms with Gasteiger partial charge in [-0.1, -0.05) is 6.58 Å². The predicted octanol–water partition coefficient (Wildman–Crippen LogP) is 3.57. The molecule has 0 radical (unpaired) electrons. The lowest BCUT2D eigenvalue weighted by Gasteiger charge is -2.43. The number of aromatic nitrogens is 2. The number of ether oxygens (including phenoxy) is 2. The summed E-state index contributed by atoms with van der Waals surface area (Å²) in [7, 11) is 0. The Labute approximate surface area is 223 Å². The number of hydrogen-bond acceptors (Lipinski definition) is 8. The number of hydrogen-bond donors (Lipinski definition) is 1. The minimum absolute atomic E-state index is 0.0389. The monoisotopic (exact) mass is 516 g/mol. The Morgan fingerprint density at radius 3 is 2.71 bits per heavy atom. The Balaban J connectivity index is 1.15. The van der Waals surface area contributed by atoms with Crippen molar-refractivity contribution in [3.05, 3.63) is 47.9 Å². The smallest absolute Gasteiger partial charge is 0.246 e. The van der Waals surface area contributed by atoms with Gasteiger partial charge >= 0.3 is 0 Å². The molecule has 9 heteroatoms. The van der Waals surface area contributed by atoms with Crippen LogP contribution in [0.25, 0.3) is 0 Å². The average Bonchev–Trinajstić information content (AvgIpc) is 3.67. The van der Waals surface area contributed by atoms with Gasteiger partial charge in [-0.15, -0.1) is 0 Å². The van der Waals surface area contributed by atoms with E-state index in [-0.39, 0.29) is 12.0 Å². The number of nitrogens with one attached hydrogen (secondary N) is 1. The summed E-state index contributed by atoms with van der Waals surface area (Å²) in [5, 5.41) is 3.67. The highest BCUT2D eigenvalue weighted by Crippen LogP contribution is 2.51. The molecule has 4 aliphatic heterocycles. The number of likely N-dealkylation sites (tertiary alicyclic amines) is 2. The van der Waals surface area contributed by atoms with Crippen LogP contribution >= 0.6 is 0 Å². The number of anilines is 3. The maximum Gasteiger partial charge on any atom is 0.246 e. The predicted molar refractivity (Wildman–Crippen MR) is 145 cm³/mol. The van der Waals surface area contributed by atoms with Crippen molar-refractivity contribution in [2.75, 3.05) is 62.7 Å². The zero-order chi connectivity index (χ0) is 25.8. The van der Waals surface area contributed by atoms with Crippen LogP contribution in [0.4, 0.5) is 17.2 Å². The van der Waals surface area contributed by atoms with Gasteiger partial charge in [0.2, 0.25) is 5.91 Å². The molecule has 1 amide bonds. The molecule has 2 atom stereocenters. The summed E-state index contributed by atoms with van der Waals surface area (Å²) >= 11 is 0. The topological polar surface area (TPSA) is 83.1 Å². The fraction of sp³-hybridized carbons (Fsp3) is 0.552. The number of carbonyl (C=O) groups is 1. The van der Waals surface area contributed by atoms with Crippen molar-refractivity contribution in [3.63, 3.8) is 0 Å². The lowest BCUT2D eigenvalue weighted by molar-refractivity contribution is -0.125. The molecule has 4 fully saturated rings. The lowest BCUT2D eigenvalue weighted by atomic mass is 9.92. The molecule has 9 nitrogen and oxygen atoms in total. The first-order chi connectivity index (χ1) is 18.6. The van der Waals surface area contributed by atoms with E-state index in [1.165, 1.54) is 11.8 Å². The van der Waals surface area contributed by atoms with Crippen LogP contribution in [0.2, 0.25) is 0 Å². The van der Waals surface area contributed by atoms with Crippen LogP contribution in [-0.2, 0) is 9.53 Å². The van der Waals surface area contributed by atoms with E-state index in [4.69, 9.17) is 19.4 Å². The SMILES string of the molecule is C=CC(=O)N1CC[C@@H](N2CC(c3cc4c(c(C5CC5)n3)O[C@@H](C)c3c(N5CCOCC5)ccnc3N4)C2)C1. The first-order valence-corrected chi connectivity index (χ1v) is 14.0. The molecule has 1 N–H and O–H groups in total. The third kappa shape index (κ3) is 4.22. The minimum atomic E-state index is -0.141. The number of morpholine rings is 1. The Morgan fingerprint density at radius 1 is 1.13 bits per heavy atom. The molecular weight excluding hydrogens is 480 g/mol. The van der Waals surface area contributed by atoms with Crippen molar-refractivity contribution < 1.29 is 14.3 Å². The molecule has 5 aliphatic rings. The van der Waals surface area contributed by atoms with Crippen LogP contribution in [0.3, 0.4) is 0 Å². The van der Waals surface area contributed by atoms with E-state index in [1.807, 2.05) is 11.1 Å². The van der Waals surface area contributed by atoms with Gasteiger partial charge in [-0.3, -0.25) is 14.7 Å². The molecule has 0 unspecified atom stereocenters. The molecule has 2 aromatic rings. The standard InChI is InChI=1S/C29H36N6O3/c1-3-25(36)34-9-7-21(17-34)35-15-20(16-35)22-14-23-28(27(31-22)19-4-5-19)38-18(2)26-24(6-8-30-29(26)32-23)33-10-12-37-13-11-33/h3,6,8,14,18-21H,1,4-5,7,9-13,15-17H2,2H3,(H,30,32)/t18-,21+/m0/s1. The van der Waals surface area contributed by atoms with E-state index in [0.29, 0.717) is 17.9 Å². The molecule has 38 heavy (non-hydrogen) atoms. The zero-order valence-corrected chi connectivity index (χ0v) is 22.1. The van der Waals surface area contributed by atoms with Crippen LogP contribution in [0.1, 0.15) is 61.1 Å². The Kier molecular flexibility index (Phi) is 6.00. The van der Waals surface area contributed by atoms with Gasteiger partial charge in [0, 0.05) is 74.7 Å². The van der Waals surface area contributed by atoms with Gasteiger partial charge in [0.1, 0.15) is 11.9 Å². The summed E-state index contributed by atoms with van der Waals surface area (Å²) in [6.45, 7) is 12.5. The molecule has 2 aromatic heterocycles. The largest absolute Gasteiger partial charge is 0.482 e. The molecule has 1 saturated carbocycles. The summed E-state index contributed by atoms with van der Waals surface area (Å²) in [6, 6.07) is 4.72. The quantitative estimate of drug-likeness (QED) is 0.604. The molecule has 1 aliphatic carbocycles. The number of carbonyl (C=O) groups excluding carboxylic acids is 1. The molecule has 0 bridgehead atoms. The second-order valence-electron chi connectivity index (χ2n) is 11.2. The molecule has 3 saturated heterocycles. The summed E-state index contributed by atoms with van der Waals surface area (Å²) in [5.41, 5.74) is 5.48. The molecule has 7 rings (SSSR count). The van der Waals surface area contributed by atoms with Gasteiger partial charge in [0.25, 0.3) is 0 Å². The van der Waals surface area contributed by atoms with E-state index >= 15 is 0 Å². The number of pyridine rings is 2. The Bertz CT molecular complexity index is 1250. The summed E-state index contributed by atoms with van der Waals surface area (Å²) in [4.78, 5) is 28.8. The van der Waals surface area contributed by atoms with Crippen LogP contribution < -0.4 is 15.0 Å². The van der Waals surface area contributed by atoms with Gasteiger partial charge < -0.3 is 24.6 Å². The van der Waals surface area contributed by atoms with Crippen LogP contribution in [0, 0.1) is 0 Å². The Hall–Kier alpha value is -3.17. The second kappa shape index (κ2) is 9.54. The molecule has 6 heterocycles. The van der Waals surface area contributed by atoms with Gasteiger partial charge in [-0.2, -0.15) is 0 Å². The second-order valence-corrected chi connectivity index (χ2v) is 11.2. The van der Waals surface area contributed by atoms with Crippen LogP contribution in [0.5, 0.6) is 5.75 Å². The van der Waals surface area contributed by atoms with Crippen molar-refractivity contribution in [2.45, 2.75) is 50.2 Å². The average molecular weight is 517 g/mol. The summed E-state index contributed by atoms with van der Waals surface area (Å²) < 4.78 is 12.3. The Morgan fingerprint density at radius 2 is 1.95 bits per heavy atom. The maximum absolute atomic E-state index is 12.0. The number of amides is 1. The highest BCUT2D eigenvalue weighted by molar-refractivity contribution is 5.87. The van der Waals surface area contributed by atoms with Crippen molar-refractivity contribution in [2.24, 2.45) is 0 Å². The van der Waals surface area contributed by atoms with E-state index in [0.717, 1.165) is 106 Å². The number of rotatable bonds is 5. The fourth-order valence-electron chi connectivity index (χ4n) is 6.41. The van der Waals surface area contributed by atoms with Gasteiger partial charge in [0.05, 0.1) is 30.2 Å². The van der Waals surface area contributed by atoms with Gasteiger partial charge in [-0.25, -0.2) is 4.98 Å². The van der Waals surface area contributed by atoms with Crippen molar-refractivity contribution in [1.29, 1.82) is 0 Å². The van der Waals surface area contributed by atoms with Gasteiger partial charge in [0.15, 0.2) is 5.75 Å². The first kappa shape index (κ1) is 23.9. The lowest BCUT2D eigenvalue weighted by Crippen LogP contribution is -2.52. The molecule has 0 spiro atoms. The van der Waals surface area contributed by atoms with E-state index in [1.54, 1.807) is 0 Å². The normalized spacial score (nSPS) is 25.5. The zero-order valence-electron chi connectivity index (χ0n) is 22.1. The third-order valence-electron chi connectivity index (χ3n) is 8.75. The summed E-state index contributed by atoms with van der Waals surface area (Å²) in [6.07, 6.45) is 6.53. The van der Waals surface area contributed by atoms with Crippen LogP contribution in [-0.4, -0.2) is 84.2 Å². The molecule has 0 aromatic carbocycles. The van der Waals surface area contributed by atoms with E-state index in [2.05, 4.69) is 40.8 Å². The molecular formula is C29H36N6O3. The van der Waals surface area contributed by atoms with Crippen LogP contribution in [0.15, 0.2) is 31.0 Å². The summed E-state index contributed by atoms with van der Waals surface area (Å²) in [5.74, 6) is 2.65. The third-order valence-corrected chi connectivity index (χ3v) is 8.75. The fourth-order valence-corrected chi connectivity index (χ4v) is 6.41. The van der Waals surface area contributed by atoms with E-state index < -0.39 is 0 Å². The highest BCUT2D eigenvalue weighted by Gasteiger charge is 2.40. The maximum atomic E-state index is 12.0. The van der Waals surface area contributed by atoms with E-state index in [9.17, 15) is 4.79 Å². The first-order valence-electron chi connectivity index (χ1n) is 14.0. The van der Waals surface area contributed by atoms with Crippen molar-refractivity contribution >= 4 is 23.1 Å². The minimum Gasteiger partial charge on any atom is -0.482 e. The molecule has 200 valence electrons. The van der Waals surface area contributed by atoms with Crippen molar-refractivity contribution in [3.8, 4) is 5.75 Å².